The van der Waals surface area contributed by atoms with Gasteiger partial charge in [0, 0.05) is 8.80 Å². The van der Waals surface area contributed by atoms with Gasteiger partial charge in [0.25, 0.3) is 0 Å². The summed E-state index contributed by atoms with van der Waals surface area (Å²) in [6.45, 7) is 2.32. The molecule has 1 aromatic carbocycles. The number of unbranched alkanes of at least 4 members (excludes halogenated alkanes) is 2. The molecule has 1 aromatic rings. The van der Waals surface area contributed by atoms with Gasteiger partial charge in [-0.15, -0.1) is 0 Å². The molecule has 0 bridgehead atoms. The summed E-state index contributed by atoms with van der Waals surface area (Å²) < 4.78 is 13.1. The van der Waals surface area contributed by atoms with Crippen LogP contribution >= 0.6 is 0 Å². The summed E-state index contributed by atoms with van der Waals surface area (Å²) in [4.78, 5) is 0. The molecular weight excluding hydrogens is 311 g/mol. The second kappa shape index (κ2) is 9.17. The molecule has 2 fully saturated rings. The molecule has 1 saturated heterocycles. The van der Waals surface area contributed by atoms with Crippen molar-refractivity contribution in [3.05, 3.63) is 35.6 Å². The molecular formula is C22H35FSi. The molecule has 0 unspecified atom stereocenters. The molecule has 1 aliphatic carbocycles. The van der Waals surface area contributed by atoms with Gasteiger partial charge in [-0.25, -0.2) is 4.39 Å². The zero-order valence-electron chi connectivity index (χ0n) is 15.5. The minimum atomic E-state index is -0.352. The average Bonchev–Trinajstić information content (AvgIpc) is 2.63. The summed E-state index contributed by atoms with van der Waals surface area (Å²) in [5.74, 6) is 2.61. The van der Waals surface area contributed by atoms with Crippen molar-refractivity contribution in [2.24, 2.45) is 11.8 Å². The van der Waals surface area contributed by atoms with Crippen LogP contribution in [0.15, 0.2) is 24.3 Å². The molecule has 1 heterocycles. The quantitative estimate of drug-likeness (QED) is 0.387. The van der Waals surface area contributed by atoms with Gasteiger partial charge in [0.2, 0.25) is 0 Å². The first-order chi connectivity index (χ1) is 11.8. The summed E-state index contributed by atoms with van der Waals surface area (Å²) in [5.41, 5.74) is 1.36. The topological polar surface area (TPSA) is 0 Å². The van der Waals surface area contributed by atoms with Crippen molar-refractivity contribution in [3.8, 4) is 0 Å². The Hall–Kier alpha value is -0.633. The Bertz CT molecular complexity index is 467. The molecule has 24 heavy (non-hydrogen) atoms. The lowest BCUT2D eigenvalue weighted by atomic mass is 9.72. The van der Waals surface area contributed by atoms with Gasteiger partial charge in [0.05, 0.1) is 0 Å². The Morgan fingerprint density at radius 3 is 2.12 bits per heavy atom. The van der Waals surface area contributed by atoms with E-state index in [2.05, 4.69) is 6.92 Å². The molecule has 0 amide bonds. The minimum Gasteiger partial charge on any atom is -0.207 e. The van der Waals surface area contributed by atoms with Gasteiger partial charge >= 0.3 is 0 Å². The lowest BCUT2D eigenvalue weighted by Crippen LogP contribution is -2.28. The highest BCUT2D eigenvalue weighted by Crippen LogP contribution is 2.43. The summed E-state index contributed by atoms with van der Waals surface area (Å²) in [7, 11) is -0.352. The van der Waals surface area contributed by atoms with Gasteiger partial charge < -0.3 is 0 Å². The molecule has 2 aliphatic rings. The number of halogens is 1. The van der Waals surface area contributed by atoms with Gasteiger partial charge in [-0.1, -0.05) is 69.3 Å². The minimum absolute atomic E-state index is 0.104. The van der Waals surface area contributed by atoms with Gasteiger partial charge in [0.1, 0.15) is 5.82 Å². The lowest BCUT2D eigenvalue weighted by molar-refractivity contribution is 0.216. The largest absolute Gasteiger partial charge is 0.207 e. The van der Waals surface area contributed by atoms with Crippen LogP contribution in [0.2, 0.25) is 18.1 Å². The first-order valence-electron chi connectivity index (χ1n) is 10.5. The standard InChI is InChI=1S/C22H35FSi/c1-2-3-4-15-24-16-13-21(14-17-24)19-7-5-18(6-8-19)20-9-11-22(23)12-10-20/h9-12,18-19,21,24H,2-8,13-17H2,1H3/t18-,19-,21-,24-. The van der Waals surface area contributed by atoms with Crippen LogP contribution in [0.4, 0.5) is 4.39 Å². The maximum Gasteiger partial charge on any atom is 0.123 e. The predicted octanol–water partition coefficient (Wildman–Crippen LogP) is 6.93. The normalized spacial score (nSPS) is 31.1. The fraction of sp³-hybridized carbons (Fsp3) is 0.727. The van der Waals surface area contributed by atoms with E-state index in [1.54, 1.807) is 43.1 Å². The highest BCUT2D eigenvalue weighted by molar-refractivity contribution is 6.58. The number of hydrogen-bond donors (Lipinski definition) is 0. The number of benzene rings is 1. The average molecular weight is 347 g/mol. The molecule has 0 spiro atoms. The fourth-order valence-electron chi connectivity index (χ4n) is 5.29. The van der Waals surface area contributed by atoms with E-state index in [4.69, 9.17) is 0 Å². The zero-order valence-corrected chi connectivity index (χ0v) is 16.6. The lowest BCUT2D eigenvalue weighted by Gasteiger charge is -2.37. The summed E-state index contributed by atoms with van der Waals surface area (Å²) in [5, 5.41) is 0. The van der Waals surface area contributed by atoms with E-state index in [0.717, 1.165) is 11.8 Å². The van der Waals surface area contributed by atoms with Crippen molar-refractivity contribution in [2.45, 2.75) is 88.8 Å². The molecule has 0 radical (unpaired) electrons. The first kappa shape index (κ1) is 18.2. The highest BCUT2D eigenvalue weighted by atomic mass is 28.3. The molecule has 0 atom stereocenters. The van der Waals surface area contributed by atoms with Crippen LogP contribution in [0.3, 0.4) is 0 Å². The Kier molecular flexibility index (Phi) is 6.94. The predicted molar refractivity (Wildman–Crippen MR) is 105 cm³/mol. The monoisotopic (exact) mass is 346 g/mol. The maximum atomic E-state index is 13.1. The second-order valence-electron chi connectivity index (χ2n) is 8.44. The van der Waals surface area contributed by atoms with Gasteiger partial charge in [-0.05, 0) is 61.1 Å². The Labute approximate surface area is 149 Å². The van der Waals surface area contributed by atoms with Gasteiger partial charge in [-0.2, -0.15) is 0 Å². The summed E-state index contributed by atoms with van der Waals surface area (Å²) >= 11 is 0. The van der Waals surface area contributed by atoms with Crippen LogP contribution in [0.5, 0.6) is 0 Å². The summed E-state index contributed by atoms with van der Waals surface area (Å²) in [6.07, 6.45) is 12.9. The van der Waals surface area contributed by atoms with Crippen molar-refractivity contribution in [1.29, 1.82) is 0 Å². The van der Waals surface area contributed by atoms with E-state index in [9.17, 15) is 4.39 Å². The van der Waals surface area contributed by atoms with E-state index in [1.807, 2.05) is 12.1 Å². The molecule has 1 saturated carbocycles. The van der Waals surface area contributed by atoms with E-state index >= 15 is 0 Å². The number of rotatable bonds is 6. The van der Waals surface area contributed by atoms with Crippen molar-refractivity contribution in [1.82, 2.24) is 0 Å². The molecule has 2 heteroatoms. The summed E-state index contributed by atoms with van der Waals surface area (Å²) in [6, 6.07) is 12.2. The molecule has 0 nitrogen and oxygen atoms in total. The Balaban J connectivity index is 1.40. The van der Waals surface area contributed by atoms with Crippen LogP contribution < -0.4 is 0 Å². The van der Waals surface area contributed by atoms with Crippen molar-refractivity contribution < 1.29 is 4.39 Å². The van der Waals surface area contributed by atoms with E-state index in [0.29, 0.717) is 5.92 Å². The van der Waals surface area contributed by atoms with Crippen molar-refractivity contribution in [3.63, 3.8) is 0 Å². The zero-order chi connectivity index (χ0) is 16.8. The highest BCUT2D eigenvalue weighted by Gasteiger charge is 2.31. The van der Waals surface area contributed by atoms with Crippen molar-refractivity contribution in [2.75, 3.05) is 0 Å². The third-order valence-corrected chi connectivity index (χ3v) is 10.4. The SMILES string of the molecule is CCCCC[Si@H]1CC[C@H]([C@H]2CC[C@H](c3ccc(F)cc3)CC2)CC1. The van der Waals surface area contributed by atoms with E-state index in [-0.39, 0.29) is 14.6 Å². The Morgan fingerprint density at radius 1 is 0.875 bits per heavy atom. The first-order valence-corrected chi connectivity index (χ1v) is 13.0. The molecule has 134 valence electrons. The third kappa shape index (κ3) is 4.94. The van der Waals surface area contributed by atoms with E-state index < -0.39 is 0 Å². The third-order valence-electron chi connectivity index (χ3n) is 6.89. The van der Waals surface area contributed by atoms with E-state index in [1.165, 1.54) is 50.5 Å². The van der Waals surface area contributed by atoms with Crippen LogP contribution in [0.25, 0.3) is 0 Å². The van der Waals surface area contributed by atoms with Gasteiger partial charge in [0.15, 0.2) is 0 Å². The maximum absolute atomic E-state index is 13.1. The molecule has 3 rings (SSSR count). The number of hydrogen-bond acceptors (Lipinski definition) is 0. The van der Waals surface area contributed by atoms with Crippen LogP contribution in [-0.2, 0) is 0 Å². The van der Waals surface area contributed by atoms with Crippen LogP contribution in [-0.4, -0.2) is 8.80 Å². The van der Waals surface area contributed by atoms with Gasteiger partial charge in [-0.3, -0.25) is 0 Å². The second-order valence-corrected chi connectivity index (χ2v) is 11.9. The van der Waals surface area contributed by atoms with Crippen LogP contribution in [0.1, 0.15) is 76.2 Å². The molecule has 0 N–H and O–H groups in total. The Morgan fingerprint density at radius 2 is 1.50 bits per heavy atom. The molecule has 1 aliphatic heterocycles. The van der Waals surface area contributed by atoms with Crippen molar-refractivity contribution >= 4 is 8.80 Å². The van der Waals surface area contributed by atoms with Crippen LogP contribution in [0, 0.1) is 17.7 Å². The molecule has 0 aromatic heterocycles. The smallest absolute Gasteiger partial charge is 0.123 e. The fourth-order valence-corrected chi connectivity index (χ4v) is 8.82.